The maximum Gasteiger partial charge on any atom is 0.0223 e. The van der Waals surface area contributed by atoms with Crippen LogP contribution in [0.15, 0.2) is 0 Å². The Balaban J connectivity index is 1.52. The van der Waals surface area contributed by atoms with Crippen LogP contribution >= 0.6 is 0 Å². The van der Waals surface area contributed by atoms with Crippen molar-refractivity contribution in [2.24, 2.45) is 5.92 Å². The Labute approximate surface area is 106 Å². The van der Waals surface area contributed by atoms with Crippen LogP contribution in [0.1, 0.15) is 58.3 Å². The van der Waals surface area contributed by atoms with Crippen LogP contribution in [0.3, 0.4) is 0 Å². The van der Waals surface area contributed by atoms with E-state index < -0.39 is 0 Å². The van der Waals surface area contributed by atoms with E-state index in [-0.39, 0.29) is 0 Å². The minimum absolute atomic E-state index is 0.827. The van der Waals surface area contributed by atoms with Crippen molar-refractivity contribution in [2.45, 2.75) is 76.4 Å². The van der Waals surface area contributed by atoms with Gasteiger partial charge in [-0.15, -0.1) is 0 Å². The summed E-state index contributed by atoms with van der Waals surface area (Å²) in [5, 5.41) is 3.76. The molecule has 0 heterocycles. The van der Waals surface area contributed by atoms with Crippen LogP contribution in [0, 0.1) is 5.92 Å². The van der Waals surface area contributed by atoms with Gasteiger partial charge in [0.15, 0.2) is 0 Å². The van der Waals surface area contributed by atoms with Gasteiger partial charge >= 0.3 is 0 Å². The monoisotopic (exact) mass is 236 g/mol. The molecule has 1 unspecified atom stereocenters. The van der Waals surface area contributed by atoms with Crippen LogP contribution in [0.2, 0.25) is 0 Å². The number of hydrogen-bond acceptors (Lipinski definition) is 2. The summed E-state index contributed by atoms with van der Waals surface area (Å²) in [7, 11) is 0. The summed E-state index contributed by atoms with van der Waals surface area (Å²) in [5.41, 5.74) is 0. The van der Waals surface area contributed by atoms with Gasteiger partial charge in [0.25, 0.3) is 0 Å². The molecule has 0 aromatic heterocycles. The van der Waals surface area contributed by atoms with E-state index in [1.54, 1.807) is 0 Å². The second-order valence-electron chi connectivity index (χ2n) is 6.50. The molecule has 17 heavy (non-hydrogen) atoms. The largest absolute Gasteiger partial charge is 0.312 e. The van der Waals surface area contributed by atoms with Crippen molar-refractivity contribution >= 4 is 0 Å². The fraction of sp³-hybridized carbons (Fsp3) is 1.00. The highest BCUT2D eigenvalue weighted by Crippen LogP contribution is 2.36. The lowest BCUT2D eigenvalue weighted by Gasteiger charge is -2.32. The molecule has 0 bridgehead atoms. The maximum absolute atomic E-state index is 3.76. The molecular weight excluding hydrogens is 208 g/mol. The molecule has 0 saturated heterocycles. The summed E-state index contributed by atoms with van der Waals surface area (Å²) in [6.45, 7) is 5.00. The highest BCUT2D eigenvalue weighted by atomic mass is 15.2. The molecule has 3 fully saturated rings. The molecule has 0 radical (unpaired) electrons. The van der Waals surface area contributed by atoms with Crippen molar-refractivity contribution in [1.29, 1.82) is 0 Å². The lowest BCUT2D eigenvalue weighted by atomic mass is 10.1. The summed E-state index contributed by atoms with van der Waals surface area (Å²) < 4.78 is 0. The average Bonchev–Trinajstić information content (AvgIpc) is 3.12. The molecule has 2 heteroatoms. The lowest BCUT2D eigenvalue weighted by molar-refractivity contribution is 0.164. The summed E-state index contributed by atoms with van der Waals surface area (Å²) in [6, 6.07) is 2.65. The van der Waals surface area contributed by atoms with E-state index in [4.69, 9.17) is 0 Å². The summed E-state index contributed by atoms with van der Waals surface area (Å²) in [6.07, 6.45) is 11.5. The van der Waals surface area contributed by atoms with Gasteiger partial charge in [0, 0.05) is 31.2 Å². The third kappa shape index (κ3) is 3.69. The van der Waals surface area contributed by atoms with Crippen LogP contribution < -0.4 is 5.32 Å². The van der Waals surface area contributed by atoms with Crippen molar-refractivity contribution in [3.63, 3.8) is 0 Å². The zero-order valence-corrected chi connectivity index (χ0v) is 11.3. The molecule has 1 N–H and O–H groups in total. The van der Waals surface area contributed by atoms with Gasteiger partial charge in [-0.25, -0.2) is 0 Å². The highest BCUT2D eigenvalue weighted by molar-refractivity contribution is 4.93. The smallest absolute Gasteiger partial charge is 0.0223 e. The normalized spacial score (nSPS) is 26.5. The van der Waals surface area contributed by atoms with E-state index in [0.717, 1.165) is 24.0 Å². The van der Waals surface area contributed by atoms with E-state index in [1.807, 2.05) is 0 Å². The first kappa shape index (κ1) is 12.0. The van der Waals surface area contributed by atoms with Gasteiger partial charge in [0.05, 0.1) is 0 Å². The molecule has 3 aliphatic carbocycles. The quantitative estimate of drug-likeness (QED) is 0.662. The van der Waals surface area contributed by atoms with Crippen molar-refractivity contribution < 1.29 is 0 Å². The predicted octanol–water partition coefficient (Wildman–Crippen LogP) is 2.78. The zero-order valence-electron chi connectivity index (χ0n) is 11.3. The van der Waals surface area contributed by atoms with Crippen molar-refractivity contribution in [2.75, 3.05) is 13.1 Å². The van der Waals surface area contributed by atoms with Crippen LogP contribution in [0.4, 0.5) is 0 Å². The Bertz CT molecular complexity index is 241. The summed E-state index contributed by atoms with van der Waals surface area (Å²) >= 11 is 0. The molecular formula is C15H28N2. The first-order chi connectivity index (χ1) is 8.36. The molecule has 3 aliphatic rings. The maximum atomic E-state index is 3.76. The van der Waals surface area contributed by atoms with Gasteiger partial charge in [0.2, 0.25) is 0 Å². The highest BCUT2D eigenvalue weighted by Gasteiger charge is 2.37. The van der Waals surface area contributed by atoms with E-state index in [9.17, 15) is 0 Å². The lowest BCUT2D eigenvalue weighted by Crippen LogP contribution is -2.45. The summed E-state index contributed by atoms with van der Waals surface area (Å²) in [4.78, 5) is 2.87. The molecule has 0 aliphatic heterocycles. The Kier molecular flexibility index (Phi) is 3.72. The molecule has 2 nitrogen and oxygen atoms in total. The van der Waals surface area contributed by atoms with Gasteiger partial charge in [-0.3, -0.25) is 4.90 Å². The fourth-order valence-electron chi connectivity index (χ4n) is 2.91. The number of nitrogens with zero attached hydrogens (tertiary/aromatic N) is 1. The molecule has 0 spiro atoms. The number of nitrogens with one attached hydrogen (secondary N) is 1. The Morgan fingerprint density at radius 2 is 1.88 bits per heavy atom. The van der Waals surface area contributed by atoms with E-state index in [2.05, 4.69) is 17.1 Å². The standard InChI is InChI=1S/C15H28N2/c1-2-3-15(10-16-13-6-7-13)17(14-8-9-14)11-12-4-5-12/h12-16H,2-11H2,1H3. The van der Waals surface area contributed by atoms with Gasteiger partial charge in [-0.05, 0) is 50.9 Å². The molecule has 0 aromatic carbocycles. The Morgan fingerprint density at radius 3 is 2.41 bits per heavy atom. The Hall–Kier alpha value is -0.0800. The van der Waals surface area contributed by atoms with E-state index in [1.165, 1.54) is 64.5 Å². The van der Waals surface area contributed by atoms with Gasteiger partial charge in [-0.2, -0.15) is 0 Å². The van der Waals surface area contributed by atoms with Gasteiger partial charge in [0.1, 0.15) is 0 Å². The fourth-order valence-corrected chi connectivity index (χ4v) is 2.91. The average molecular weight is 236 g/mol. The van der Waals surface area contributed by atoms with Crippen LogP contribution in [-0.4, -0.2) is 36.1 Å². The second kappa shape index (κ2) is 5.27. The van der Waals surface area contributed by atoms with Crippen LogP contribution in [-0.2, 0) is 0 Å². The second-order valence-corrected chi connectivity index (χ2v) is 6.50. The van der Waals surface area contributed by atoms with Crippen LogP contribution in [0.25, 0.3) is 0 Å². The third-order valence-corrected chi connectivity index (χ3v) is 4.49. The molecule has 3 saturated carbocycles. The summed E-state index contributed by atoms with van der Waals surface area (Å²) in [5.74, 6) is 1.05. The van der Waals surface area contributed by atoms with Crippen molar-refractivity contribution in [3.05, 3.63) is 0 Å². The minimum Gasteiger partial charge on any atom is -0.312 e. The number of hydrogen-bond donors (Lipinski definition) is 1. The SMILES string of the molecule is CCCC(CNC1CC1)N(CC1CC1)C1CC1. The first-order valence-corrected chi connectivity index (χ1v) is 7.86. The van der Waals surface area contributed by atoms with E-state index in [0.29, 0.717) is 0 Å². The van der Waals surface area contributed by atoms with Gasteiger partial charge in [-0.1, -0.05) is 13.3 Å². The Morgan fingerprint density at radius 1 is 1.12 bits per heavy atom. The molecule has 3 rings (SSSR count). The van der Waals surface area contributed by atoms with Gasteiger partial charge < -0.3 is 5.32 Å². The van der Waals surface area contributed by atoms with Crippen molar-refractivity contribution in [1.82, 2.24) is 10.2 Å². The number of rotatable bonds is 9. The molecule has 98 valence electrons. The zero-order chi connectivity index (χ0) is 11.7. The van der Waals surface area contributed by atoms with Crippen LogP contribution in [0.5, 0.6) is 0 Å². The molecule has 0 amide bonds. The minimum atomic E-state index is 0.827. The first-order valence-electron chi connectivity index (χ1n) is 7.86. The molecule has 1 atom stereocenters. The van der Waals surface area contributed by atoms with Crippen molar-refractivity contribution in [3.8, 4) is 0 Å². The predicted molar refractivity (Wildman–Crippen MR) is 72.2 cm³/mol. The molecule has 0 aromatic rings. The topological polar surface area (TPSA) is 15.3 Å². The third-order valence-electron chi connectivity index (χ3n) is 4.49. The van der Waals surface area contributed by atoms with E-state index >= 15 is 0 Å².